The highest BCUT2D eigenvalue weighted by Gasteiger charge is 2.24. The first kappa shape index (κ1) is 13.6. The molecular weight excluding hydrogens is 216 g/mol. The van der Waals surface area contributed by atoms with Gasteiger partial charge in [0.1, 0.15) is 0 Å². The normalized spacial score (nSPS) is 30.9. The van der Waals surface area contributed by atoms with Gasteiger partial charge in [-0.25, -0.2) is 0 Å². The quantitative estimate of drug-likeness (QED) is 0.584. The molecule has 2 aliphatic carbocycles. The minimum Gasteiger partial charge on any atom is -0.0848 e. The fraction of sp³-hybridized carbons (Fsp3) is 0.611. The molecule has 0 aromatic carbocycles. The Morgan fingerprint density at radius 3 is 2.61 bits per heavy atom. The van der Waals surface area contributed by atoms with E-state index in [-0.39, 0.29) is 0 Å². The second-order valence-electron chi connectivity index (χ2n) is 6.03. The van der Waals surface area contributed by atoms with Crippen molar-refractivity contribution in [1.82, 2.24) is 0 Å². The van der Waals surface area contributed by atoms with Crippen molar-refractivity contribution >= 4 is 0 Å². The van der Waals surface area contributed by atoms with Crippen LogP contribution in [0.25, 0.3) is 0 Å². The van der Waals surface area contributed by atoms with Gasteiger partial charge in [-0.15, -0.1) is 0 Å². The van der Waals surface area contributed by atoms with Crippen molar-refractivity contribution in [2.45, 2.75) is 46.5 Å². The van der Waals surface area contributed by atoms with E-state index >= 15 is 0 Å². The van der Waals surface area contributed by atoms with Crippen molar-refractivity contribution < 1.29 is 0 Å². The average Bonchev–Trinajstić information content (AvgIpc) is 2.47. The molecule has 2 aliphatic rings. The molecular formula is C18H27. The third kappa shape index (κ3) is 3.16. The number of hydrogen-bond donors (Lipinski definition) is 0. The van der Waals surface area contributed by atoms with Crippen LogP contribution in [0.4, 0.5) is 0 Å². The second kappa shape index (κ2) is 6.41. The maximum Gasteiger partial charge on any atom is -0.00927 e. The lowest BCUT2D eigenvalue weighted by Gasteiger charge is -2.31. The zero-order chi connectivity index (χ0) is 13.0. The van der Waals surface area contributed by atoms with Crippen molar-refractivity contribution in [3.63, 3.8) is 0 Å². The monoisotopic (exact) mass is 243 g/mol. The van der Waals surface area contributed by atoms with E-state index in [1.165, 1.54) is 25.7 Å². The summed E-state index contributed by atoms with van der Waals surface area (Å²) in [4.78, 5) is 0. The highest BCUT2D eigenvalue weighted by molar-refractivity contribution is 5.24. The molecule has 99 valence electrons. The fourth-order valence-electron chi connectivity index (χ4n) is 3.23. The maximum absolute atomic E-state index is 2.55. The Kier molecular flexibility index (Phi) is 4.86. The first-order valence-corrected chi connectivity index (χ1v) is 7.59. The molecule has 0 heteroatoms. The molecule has 0 aromatic heterocycles. The van der Waals surface area contributed by atoms with E-state index in [0.29, 0.717) is 11.8 Å². The fourth-order valence-corrected chi connectivity index (χ4v) is 3.23. The van der Waals surface area contributed by atoms with Crippen LogP contribution < -0.4 is 0 Å². The first-order chi connectivity index (χ1) is 8.72. The minimum atomic E-state index is 0.612. The van der Waals surface area contributed by atoms with E-state index in [0.717, 1.165) is 11.8 Å². The summed E-state index contributed by atoms with van der Waals surface area (Å²) in [5, 5.41) is 0. The predicted molar refractivity (Wildman–Crippen MR) is 80.1 cm³/mol. The third-order valence-electron chi connectivity index (χ3n) is 4.99. The molecule has 0 nitrogen and oxygen atoms in total. The molecule has 0 amide bonds. The molecule has 0 N–H and O–H groups in total. The summed E-state index contributed by atoms with van der Waals surface area (Å²) in [6, 6.07) is 0. The molecule has 0 fully saturated rings. The van der Waals surface area contributed by atoms with Crippen LogP contribution in [-0.4, -0.2) is 0 Å². The number of rotatable bonds is 4. The van der Waals surface area contributed by atoms with Crippen molar-refractivity contribution in [1.29, 1.82) is 0 Å². The van der Waals surface area contributed by atoms with Gasteiger partial charge in [0.25, 0.3) is 0 Å². The van der Waals surface area contributed by atoms with Gasteiger partial charge in [-0.05, 0) is 49.4 Å². The highest BCUT2D eigenvalue weighted by Crippen LogP contribution is 2.37. The Labute approximate surface area is 113 Å². The van der Waals surface area contributed by atoms with Gasteiger partial charge in [0.15, 0.2) is 0 Å². The molecule has 1 radical (unpaired) electrons. The summed E-state index contributed by atoms with van der Waals surface area (Å²) in [6.45, 7) is 7.12. The molecule has 4 atom stereocenters. The maximum atomic E-state index is 2.55. The topological polar surface area (TPSA) is 0 Å². The van der Waals surface area contributed by atoms with Gasteiger partial charge in [0, 0.05) is 0 Å². The van der Waals surface area contributed by atoms with Crippen LogP contribution in [0.1, 0.15) is 46.5 Å². The summed E-state index contributed by atoms with van der Waals surface area (Å²) in [5.41, 5.74) is 1.69. The van der Waals surface area contributed by atoms with Crippen LogP contribution >= 0.6 is 0 Å². The first-order valence-electron chi connectivity index (χ1n) is 7.59. The van der Waals surface area contributed by atoms with E-state index < -0.39 is 0 Å². The molecule has 0 spiro atoms. The van der Waals surface area contributed by atoms with E-state index in [9.17, 15) is 0 Å². The molecule has 18 heavy (non-hydrogen) atoms. The Morgan fingerprint density at radius 2 is 2.06 bits per heavy atom. The van der Waals surface area contributed by atoms with Crippen LogP contribution in [0.5, 0.6) is 0 Å². The molecule has 0 aliphatic heterocycles. The van der Waals surface area contributed by atoms with Gasteiger partial charge in [0.2, 0.25) is 0 Å². The van der Waals surface area contributed by atoms with E-state index in [2.05, 4.69) is 57.6 Å². The molecule has 0 aromatic rings. The van der Waals surface area contributed by atoms with Gasteiger partial charge in [-0.3, -0.25) is 0 Å². The van der Waals surface area contributed by atoms with Crippen molar-refractivity contribution in [2.24, 2.45) is 23.7 Å². The van der Waals surface area contributed by atoms with Crippen molar-refractivity contribution in [2.75, 3.05) is 0 Å². The lowest BCUT2D eigenvalue weighted by Crippen LogP contribution is -2.19. The molecule has 0 saturated heterocycles. The number of hydrogen-bond acceptors (Lipinski definition) is 0. The third-order valence-corrected chi connectivity index (χ3v) is 4.99. The van der Waals surface area contributed by atoms with Crippen LogP contribution in [-0.2, 0) is 0 Å². The lowest BCUT2D eigenvalue weighted by atomic mass is 9.74. The summed E-state index contributed by atoms with van der Waals surface area (Å²) in [7, 11) is 0. The predicted octanol–water partition coefficient (Wildman–Crippen LogP) is 5.34. The minimum absolute atomic E-state index is 0.612. The molecule has 3 unspecified atom stereocenters. The van der Waals surface area contributed by atoms with Crippen molar-refractivity contribution in [3.8, 4) is 0 Å². The van der Waals surface area contributed by atoms with Gasteiger partial charge in [-0.1, -0.05) is 63.1 Å². The molecule has 0 bridgehead atoms. The van der Waals surface area contributed by atoms with Crippen LogP contribution in [0, 0.1) is 30.1 Å². The van der Waals surface area contributed by atoms with E-state index in [1.807, 2.05) is 0 Å². The average molecular weight is 243 g/mol. The summed E-state index contributed by atoms with van der Waals surface area (Å²) in [5.74, 6) is 3.12. The van der Waals surface area contributed by atoms with E-state index in [4.69, 9.17) is 0 Å². The van der Waals surface area contributed by atoms with Crippen LogP contribution in [0.2, 0.25) is 0 Å². The highest BCUT2D eigenvalue weighted by atomic mass is 14.3. The smallest absolute Gasteiger partial charge is 0.00927 e. The van der Waals surface area contributed by atoms with E-state index in [1.54, 1.807) is 5.57 Å². The van der Waals surface area contributed by atoms with Gasteiger partial charge in [0.05, 0.1) is 0 Å². The summed E-state index contributed by atoms with van der Waals surface area (Å²) in [6.07, 6.45) is 19.1. The molecule has 0 heterocycles. The van der Waals surface area contributed by atoms with Gasteiger partial charge in [-0.2, -0.15) is 0 Å². The Bertz CT molecular complexity index is 345. The second-order valence-corrected chi connectivity index (χ2v) is 6.03. The molecule has 2 rings (SSSR count). The Balaban J connectivity index is 1.92. The summed E-state index contributed by atoms with van der Waals surface area (Å²) < 4.78 is 0. The largest absolute Gasteiger partial charge is 0.0848 e. The Morgan fingerprint density at radius 1 is 1.22 bits per heavy atom. The van der Waals surface area contributed by atoms with Gasteiger partial charge >= 0.3 is 0 Å². The summed E-state index contributed by atoms with van der Waals surface area (Å²) >= 11 is 0. The van der Waals surface area contributed by atoms with Crippen LogP contribution in [0.15, 0.2) is 36.0 Å². The molecule has 0 saturated carbocycles. The van der Waals surface area contributed by atoms with Crippen LogP contribution in [0.3, 0.4) is 0 Å². The SMILES string of the molecule is CC[C@@H](C)C1CC=C(C(C)C2[CH]C=CC=C2)CC1. The number of allylic oxidation sites excluding steroid dienone is 6. The standard InChI is InChI=1S/C18H27/c1-4-14(2)16-10-12-18(13-11-16)15(3)17-8-6-5-7-9-17/h5-9,12,14-17H,4,10-11,13H2,1-3H3/t14-,15?,16?/m1/s1. The zero-order valence-electron chi connectivity index (χ0n) is 12.1. The van der Waals surface area contributed by atoms with Crippen molar-refractivity contribution in [3.05, 3.63) is 42.4 Å². The Hall–Kier alpha value is -0.780. The van der Waals surface area contributed by atoms with Gasteiger partial charge < -0.3 is 0 Å². The lowest BCUT2D eigenvalue weighted by molar-refractivity contribution is 0.310. The zero-order valence-corrected chi connectivity index (χ0v) is 12.1.